The molecule has 3 rings (SSSR count). The van der Waals surface area contributed by atoms with Gasteiger partial charge in [0.1, 0.15) is 0 Å². The number of rotatable bonds is 5. The average molecular weight is 379 g/mol. The molecule has 2 aliphatic rings. The van der Waals surface area contributed by atoms with E-state index in [0.717, 1.165) is 12.8 Å². The first-order valence-corrected chi connectivity index (χ1v) is 9.16. The molecule has 2 aliphatic heterocycles. The van der Waals surface area contributed by atoms with Gasteiger partial charge in [-0.1, -0.05) is 30.7 Å². The van der Waals surface area contributed by atoms with E-state index in [4.69, 9.17) is 11.6 Å². The van der Waals surface area contributed by atoms with Crippen LogP contribution in [0.3, 0.4) is 0 Å². The number of anilines is 1. The zero-order valence-corrected chi connectivity index (χ0v) is 15.4. The van der Waals surface area contributed by atoms with E-state index in [1.54, 1.807) is 42.2 Å². The van der Waals surface area contributed by atoms with Gasteiger partial charge >= 0.3 is 0 Å². The Labute approximate surface area is 157 Å². The van der Waals surface area contributed by atoms with Crippen LogP contribution in [-0.2, 0) is 15.2 Å². The van der Waals surface area contributed by atoms with Gasteiger partial charge in [0.25, 0.3) is 5.91 Å². The molecule has 140 valence electrons. The van der Waals surface area contributed by atoms with Crippen LogP contribution in [0.15, 0.2) is 30.4 Å². The van der Waals surface area contributed by atoms with Gasteiger partial charge in [0.05, 0.1) is 12.6 Å². The monoisotopic (exact) mass is 378 g/mol. The number of halogens is 1. The number of aliphatic hydroxyl groups excluding tert-OH is 1. The van der Waals surface area contributed by atoms with Crippen LogP contribution in [-0.4, -0.2) is 46.1 Å². The van der Waals surface area contributed by atoms with E-state index in [1.165, 1.54) is 0 Å². The lowest BCUT2D eigenvalue weighted by Crippen LogP contribution is -2.40. The minimum Gasteiger partial charge on any atom is -0.394 e. The predicted molar refractivity (Wildman–Crippen MR) is 98.7 cm³/mol. The Morgan fingerprint density at radius 3 is 3.04 bits per heavy atom. The van der Waals surface area contributed by atoms with Crippen molar-refractivity contribution in [1.82, 2.24) is 4.90 Å². The van der Waals surface area contributed by atoms with Crippen molar-refractivity contribution in [2.24, 2.45) is 5.92 Å². The standard InChI is InChI=1S/C19H23ClN2O4/c1-12(4-2-6-17(24)22-9-3-5-14(22)11-23)19(26)15-10-13(20)7-8-16(15)21-18(19)25/h2,4,7-8,10,12,14,23,26H,3,5-6,9,11H2,1H3,(H,21,25)/b4-2+/t12-,14-,19+/m0/s1. The maximum atomic E-state index is 12.4. The lowest BCUT2D eigenvalue weighted by atomic mass is 9.83. The zero-order valence-electron chi connectivity index (χ0n) is 14.6. The van der Waals surface area contributed by atoms with Crippen molar-refractivity contribution in [2.75, 3.05) is 18.5 Å². The van der Waals surface area contributed by atoms with Crippen molar-refractivity contribution >= 4 is 29.1 Å². The number of hydrogen-bond acceptors (Lipinski definition) is 4. The number of aliphatic hydroxyl groups is 2. The normalized spacial score (nSPS) is 26.2. The summed E-state index contributed by atoms with van der Waals surface area (Å²) in [6.45, 7) is 2.36. The number of nitrogens with zero attached hydrogens (tertiary/aromatic N) is 1. The molecule has 26 heavy (non-hydrogen) atoms. The van der Waals surface area contributed by atoms with E-state index in [9.17, 15) is 19.8 Å². The average Bonchev–Trinajstić information content (AvgIpc) is 3.19. The molecular formula is C19H23ClN2O4. The van der Waals surface area contributed by atoms with Gasteiger partial charge in [0.15, 0.2) is 5.60 Å². The highest BCUT2D eigenvalue weighted by molar-refractivity contribution is 6.31. The minimum absolute atomic E-state index is 0.0245. The highest BCUT2D eigenvalue weighted by Gasteiger charge is 2.48. The Bertz CT molecular complexity index is 751. The summed E-state index contributed by atoms with van der Waals surface area (Å²) in [4.78, 5) is 26.4. The van der Waals surface area contributed by atoms with Gasteiger partial charge in [0, 0.05) is 35.2 Å². The fraction of sp³-hybridized carbons (Fsp3) is 0.474. The first kappa shape index (κ1) is 18.9. The Balaban J connectivity index is 1.71. The molecule has 0 spiro atoms. The summed E-state index contributed by atoms with van der Waals surface area (Å²) in [5, 5.41) is 23.4. The molecule has 2 heterocycles. The largest absolute Gasteiger partial charge is 0.394 e. The summed E-state index contributed by atoms with van der Waals surface area (Å²) in [5.41, 5.74) is -0.736. The van der Waals surface area contributed by atoms with Gasteiger partial charge in [0.2, 0.25) is 5.91 Å². The van der Waals surface area contributed by atoms with Crippen molar-refractivity contribution in [2.45, 2.75) is 37.8 Å². The molecule has 0 unspecified atom stereocenters. The highest BCUT2D eigenvalue weighted by Crippen LogP contribution is 2.42. The van der Waals surface area contributed by atoms with E-state index in [2.05, 4.69) is 5.32 Å². The number of amides is 2. The third kappa shape index (κ3) is 3.24. The molecule has 3 atom stereocenters. The van der Waals surface area contributed by atoms with Crippen LogP contribution in [0.1, 0.15) is 31.7 Å². The molecule has 0 saturated carbocycles. The van der Waals surface area contributed by atoms with E-state index in [0.29, 0.717) is 22.8 Å². The van der Waals surface area contributed by atoms with Gasteiger partial charge in [-0.15, -0.1) is 0 Å². The molecule has 7 heteroatoms. The first-order valence-electron chi connectivity index (χ1n) is 8.78. The van der Waals surface area contributed by atoms with Gasteiger partial charge in [-0.05, 0) is 31.0 Å². The van der Waals surface area contributed by atoms with Crippen molar-refractivity contribution in [3.63, 3.8) is 0 Å². The molecule has 0 aromatic heterocycles. The summed E-state index contributed by atoms with van der Waals surface area (Å²) in [6.07, 6.45) is 5.24. The van der Waals surface area contributed by atoms with E-state index in [-0.39, 0.29) is 25.0 Å². The molecule has 0 bridgehead atoms. The molecule has 1 fully saturated rings. The van der Waals surface area contributed by atoms with Crippen LogP contribution in [0.2, 0.25) is 5.02 Å². The Morgan fingerprint density at radius 2 is 2.31 bits per heavy atom. The van der Waals surface area contributed by atoms with Crippen LogP contribution < -0.4 is 5.32 Å². The maximum absolute atomic E-state index is 12.4. The Morgan fingerprint density at radius 1 is 1.54 bits per heavy atom. The summed E-state index contributed by atoms with van der Waals surface area (Å²) in [7, 11) is 0. The topological polar surface area (TPSA) is 89.9 Å². The van der Waals surface area contributed by atoms with E-state index >= 15 is 0 Å². The van der Waals surface area contributed by atoms with Gasteiger partial charge in [-0.2, -0.15) is 0 Å². The van der Waals surface area contributed by atoms with Gasteiger partial charge < -0.3 is 20.4 Å². The summed E-state index contributed by atoms with van der Waals surface area (Å²) in [5.74, 6) is -1.10. The predicted octanol–water partition coefficient (Wildman–Crippen LogP) is 2.05. The number of carbonyl (C=O) groups excluding carboxylic acids is 2. The van der Waals surface area contributed by atoms with E-state index in [1.807, 2.05) is 0 Å². The smallest absolute Gasteiger partial charge is 0.261 e. The Kier molecular flexibility index (Phi) is 5.37. The van der Waals surface area contributed by atoms with Gasteiger partial charge in [-0.3, -0.25) is 9.59 Å². The van der Waals surface area contributed by atoms with E-state index < -0.39 is 17.4 Å². The van der Waals surface area contributed by atoms with Crippen LogP contribution in [0.4, 0.5) is 5.69 Å². The lowest BCUT2D eigenvalue weighted by Gasteiger charge is -2.26. The van der Waals surface area contributed by atoms with Crippen LogP contribution in [0.25, 0.3) is 0 Å². The SMILES string of the molecule is C[C@@H](/C=C/CC(=O)N1CCC[C@H]1CO)[C@]1(O)C(=O)Nc2ccc(Cl)cc21. The van der Waals surface area contributed by atoms with Crippen LogP contribution in [0.5, 0.6) is 0 Å². The second-order valence-corrected chi connectivity index (χ2v) is 7.33. The molecule has 3 N–H and O–H groups in total. The molecule has 1 aromatic carbocycles. The summed E-state index contributed by atoms with van der Waals surface area (Å²) in [6, 6.07) is 4.79. The fourth-order valence-corrected chi connectivity index (χ4v) is 3.89. The third-order valence-corrected chi connectivity index (χ3v) is 5.51. The second kappa shape index (κ2) is 7.39. The quantitative estimate of drug-likeness (QED) is 0.684. The number of fused-ring (bicyclic) bond motifs is 1. The molecule has 0 radical (unpaired) electrons. The Hall–Kier alpha value is -1.89. The summed E-state index contributed by atoms with van der Waals surface area (Å²) >= 11 is 6.01. The minimum atomic E-state index is -1.72. The maximum Gasteiger partial charge on any atom is 0.261 e. The molecule has 2 amide bonds. The first-order chi connectivity index (χ1) is 12.4. The van der Waals surface area contributed by atoms with Crippen LogP contribution >= 0.6 is 11.6 Å². The van der Waals surface area contributed by atoms with Crippen molar-refractivity contribution in [3.8, 4) is 0 Å². The van der Waals surface area contributed by atoms with Crippen LogP contribution in [0, 0.1) is 5.92 Å². The number of likely N-dealkylation sites (tertiary alicyclic amines) is 1. The molecule has 1 aromatic rings. The zero-order chi connectivity index (χ0) is 18.9. The third-order valence-electron chi connectivity index (χ3n) is 5.27. The van der Waals surface area contributed by atoms with Crippen molar-refractivity contribution in [1.29, 1.82) is 0 Å². The fourth-order valence-electron chi connectivity index (χ4n) is 3.72. The number of benzene rings is 1. The lowest BCUT2D eigenvalue weighted by molar-refractivity contribution is -0.137. The highest BCUT2D eigenvalue weighted by atomic mass is 35.5. The number of carbonyl (C=O) groups is 2. The van der Waals surface area contributed by atoms with Crippen molar-refractivity contribution < 1.29 is 19.8 Å². The molecular weight excluding hydrogens is 356 g/mol. The molecule has 6 nitrogen and oxygen atoms in total. The van der Waals surface area contributed by atoms with Gasteiger partial charge in [-0.25, -0.2) is 0 Å². The number of nitrogens with one attached hydrogen (secondary N) is 1. The van der Waals surface area contributed by atoms with Crippen molar-refractivity contribution in [3.05, 3.63) is 40.9 Å². The molecule has 0 aliphatic carbocycles. The second-order valence-electron chi connectivity index (χ2n) is 6.90. The molecule has 1 saturated heterocycles. The summed E-state index contributed by atoms with van der Waals surface area (Å²) < 4.78 is 0. The number of hydrogen-bond donors (Lipinski definition) is 3.